The van der Waals surface area contributed by atoms with Crippen molar-refractivity contribution in [2.75, 3.05) is 12.4 Å². The van der Waals surface area contributed by atoms with Gasteiger partial charge in [0.05, 0.1) is 18.4 Å². The van der Waals surface area contributed by atoms with Gasteiger partial charge in [0.1, 0.15) is 0 Å². The summed E-state index contributed by atoms with van der Waals surface area (Å²) in [4.78, 5) is 36.4. The molecule has 0 saturated heterocycles. The number of anilines is 1. The molecule has 128 valence electrons. The summed E-state index contributed by atoms with van der Waals surface area (Å²) in [6.45, 7) is 0. The van der Waals surface area contributed by atoms with Crippen LogP contribution in [0.25, 0.3) is 0 Å². The summed E-state index contributed by atoms with van der Waals surface area (Å²) >= 11 is 0. The summed E-state index contributed by atoms with van der Waals surface area (Å²) in [7, 11) is 1.28. The van der Waals surface area contributed by atoms with Gasteiger partial charge >= 0.3 is 5.97 Å². The molecule has 0 atom stereocenters. The van der Waals surface area contributed by atoms with Gasteiger partial charge in [-0.2, -0.15) is 0 Å². The molecule has 0 unspecified atom stereocenters. The summed E-state index contributed by atoms with van der Waals surface area (Å²) in [5, 5.41) is 5.58. The number of nitrogens with one attached hydrogen (secondary N) is 2. The second-order valence-corrected chi connectivity index (χ2v) is 5.82. The van der Waals surface area contributed by atoms with Crippen LogP contribution in [0.2, 0.25) is 0 Å². The molecule has 1 saturated carbocycles. The monoisotopic (exact) mass is 338 g/mol. The van der Waals surface area contributed by atoms with Crippen molar-refractivity contribution in [2.45, 2.75) is 18.9 Å². The van der Waals surface area contributed by atoms with E-state index in [1.165, 1.54) is 13.2 Å². The van der Waals surface area contributed by atoms with Crippen LogP contribution >= 0.6 is 0 Å². The highest BCUT2D eigenvalue weighted by Crippen LogP contribution is 2.20. The van der Waals surface area contributed by atoms with E-state index >= 15 is 0 Å². The number of amides is 2. The minimum Gasteiger partial charge on any atom is -0.465 e. The van der Waals surface area contributed by atoms with Gasteiger partial charge in [0.25, 0.3) is 11.8 Å². The third-order valence-electron chi connectivity index (χ3n) is 3.88. The average molecular weight is 338 g/mol. The molecule has 2 aromatic carbocycles. The van der Waals surface area contributed by atoms with Crippen molar-refractivity contribution in [3.63, 3.8) is 0 Å². The smallest absolute Gasteiger partial charge is 0.339 e. The highest BCUT2D eigenvalue weighted by molar-refractivity contribution is 6.09. The van der Waals surface area contributed by atoms with Crippen LogP contribution in [-0.4, -0.2) is 30.9 Å². The fourth-order valence-corrected chi connectivity index (χ4v) is 2.37. The molecule has 2 N–H and O–H groups in total. The lowest BCUT2D eigenvalue weighted by atomic mass is 10.1. The maximum absolute atomic E-state index is 12.5. The van der Waals surface area contributed by atoms with Crippen LogP contribution in [0.15, 0.2) is 48.5 Å². The molecule has 0 heterocycles. The number of ether oxygens (including phenoxy) is 1. The predicted octanol–water partition coefficient (Wildman–Crippen LogP) is 2.62. The normalized spacial score (nSPS) is 13.0. The van der Waals surface area contributed by atoms with E-state index in [9.17, 15) is 14.4 Å². The van der Waals surface area contributed by atoms with Gasteiger partial charge in [0, 0.05) is 17.2 Å². The average Bonchev–Trinajstić information content (AvgIpc) is 3.45. The SMILES string of the molecule is COC(=O)c1ccccc1NC(=O)c1cccc(C(=O)NC2CC2)c1. The van der Waals surface area contributed by atoms with Crippen LogP contribution < -0.4 is 10.6 Å². The fraction of sp³-hybridized carbons (Fsp3) is 0.211. The summed E-state index contributed by atoms with van der Waals surface area (Å²) in [5.41, 5.74) is 1.39. The number of hydrogen-bond donors (Lipinski definition) is 2. The molecular weight excluding hydrogens is 320 g/mol. The molecule has 0 spiro atoms. The summed E-state index contributed by atoms with van der Waals surface area (Å²) < 4.78 is 4.71. The van der Waals surface area contributed by atoms with E-state index in [2.05, 4.69) is 10.6 Å². The molecule has 2 aromatic rings. The molecule has 1 aliphatic carbocycles. The van der Waals surface area contributed by atoms with Crippen molar-refractivity contribution < 1.29 is 19.1 Å². The first kappa shape index (κ1) is 16.7. The minimum absolute atomic E-state index is 0.188. The van der Waals surface area contributed by atoms with E-state index in [0.29, 0.717) is 16.8 Å². The van der Waals surface area contributed by atoms with Gasteiger partial charge in [-0.15, -0.1) is 0 Å². The number of benzene rings is 2. The number of rotatable bonds is 5. The zero-order valence-electron chi connectivity index (χ0n) is 13.7. The van der Waals surface area contributed by atoms with Crippen molar-refractivity contribution in [3.05, 3.63) is 65.2 Å². The first-order valence-corrected chi connectivity index (χ1v) is 7.98. The number of esters is 1. The van der Waals surface area contributed by atoms with Crippen molar-refractivity contribution in [3.8, 4) is 0 Å². The Kier molecular flexibility index (Phi) is 4.79. The third kappa shape index (κ3) is 4.03. The predicted molar refractivity (Wildman–Crippen MR) is 92.7 cm³/mol. The maximum atomic E-state index is 12.5. The third-order valence-corrected chi connectivity index (χ3v) is 3.88. The van der Waals surface area contributed by atoms with Gasteiger partial charge in [-0.05, 0) is 43.2 Å². The molecule has 0 aromatic heterocycles. The van der Waals surface area contributed by atoms with Crippen LogP contribution in [0, 0.1) is 0 Å². The highest BCUT2D eigenvalue weighted by atomic mass is 16.5. The molecule has 25 heavy (non-hydrogen) atoms. The molecule has 0 radical (unpaired) electrons. The summed E-state index contributed by atoms with van der Waals surface area (Å²) in [6, 6.07) is 13.3. The van der Waals surface area contributed by atoms with Crippen LogP contribution in [0.3, 0.4) is 0 Å². The quantitative estimate of drug-likeness (QED) is 0.821. The van der Waals surface area contributed by atoms with E-state index in [-0.39, 0.29) is 17.5 Å². The van der Waals surface area contributed by atoms with Crippen LogP contribution in [0.5, 0.6) is 0 Å². The number of hydrogen-bond acceptors (Lipinski definition) is 4. The van der Waals surface area contributed by atoms with Crippen molar-refractivity contribution in [1.29, 1.82) is 0 Å². The Labute approximate surface area is 145 Å². The Morgan fingerprint density at radius 2 is 1.64 bits per heavy atom. The Hall–Kier alpha value is -3.15. The van der Waals surface area contributed by atoms with Gasteiger partial charge in [-0.25, -0.2) is 4.79 Å². The molecule has 3 rings (SSSR count). The number of para-hydroxylation sites is 1. The maximum Gasteiger partial charge on any atom is 0.339 e. The number of carbonyl (C=O) groups is 3. The van der Waals surface area contributed by atoms with Gasteiger partial charge in [0.2, 0.25) is 0 Å². The van der Waals surface area contributed by atoms with Crippen LogP contribution in [0.1, 0.15) is 43.9 Å². The first-order chi connectivity index (χ1) is 12.1. The van der Waals surface area contributed by atoms with Crippen molar-refractivity contribution in [2.24, 2.45) is 0 Å². The van der Waals surface area contributed by atoms with Crippen molar-refractivity contribution in [1.82, 2.24) is 5.32 Å². The lowest BCUT2D eigenvalue weighted by Crippen LogP contribution is -2.25. The molecule has 2 amide bonds. The largest absolute Gasteiger partial charge is 0.465 e. The molecule has 0 aliphatic heterocycles. The van der Waals surface area contributed by atoms with Gasteiger partial charge < -0.3 is 15.4 Å². The zero-order valence-corrected chi connectivity index (χ0v) is 13.7. The molecular formula is C19H18N2O4. The summed E-state index contributed by atoms with van der Waals surface area (Å²) in [5.74, 6) is -1.13. The van der Waals surface area contributed by atoms with Crippen molar-refractivity contribution >= 4 is 23.5 Å². The Balaban J connectivity index is 1.77. The molecule has 1 aliphatic rings. The standard InChI is InChI=1S/C19H18N2O4/c1-25-19(24)15-7-2-3-8-16(15)21-18(23)13-6-4-5-12(11-13)17(22)20-14-9-10-14/h2-8,11,14H,9-10H2,1H3,(H,20,22)(H,21,23). The molecule has 6 heteroatoms. The van der Waals surface area contributed by atoms with Gasteiger partial charge in [0.15, 0.2) is 0 Å². The summed E-state index contributed by atoms with van der Waals surface area (Å²) in [6.07, 6.45) is 1.99. The fourth-order valence-electron chi connectivity index (χ4n) is 2.37. The highest BCUT2D eigenvalue weighted by Gasteiger charge is 2.24. The molecule has 0 bridgehead atoms. The molecule has 6 nitrogen and oxygen atoms in total. The van der Waals surface area contributed by atoms with E-state index in [1.54, 1.807) is 42.5 Å². The van der Waals surface area contributed by atoms with Crippen LogP contribution in [-0.2, 0) is 4.74 Å². The zero-order chi connectivity index (χ0) is 17.8. The number of carbonyl (C=O) groups excluding carboxylic acids is 3. The topological polar surface area (TPSA) is 84.5 Å². The van der Waals surface area contributed by atoms with Gasteiger partial charge in [-0.3, -0.25) is 9.59 Å². The number of methoxy groups -OCH3 is 1. The first-order valence-electron chi connectivity index (χ1n) is 7.98. The lowest BCUT2D eigenvalue weighted by molar-refractivity contribution is 0.0601. The van der Waals surface area contributed by atoms with Crippen LogP contribution in [0.4, 0.5) is 5.69 Å². The van der Waals surface area contributed by atoms with E-state index in [0.717, 1.165) is 12.8 Å². The molecule has 1 fully saturated rings. The Morgan fingerprint density at radius 1 is 0.960 bits per heavy atom. The van der Waals surface area contributed by atoms with Gasteiger partial charge in [-0.1, -0.05) is 18.2 Å². The van der Waals surface area contributed by atoms with E-state index in [4.69, 9.17) is 4.74 Å². The van der Waals surface area contributed by atoms with E-state index < -0.39 is 11.9 Å². The second-order valence-electron chi connectivity index (χ2n) is 5.82. The van der Waals surface area contributed by atoms with E-state index in [1.807, 2.05) is 0 Å². The lowest BCUT2D eigenvalue weighted by Gasteiger charge is -2.10. The Bertz CT molecular complexity index is 828. The Morgan fingerprint density at radius 3 is 2.32 bits per heavy atom. The minimum atomic E-state index is -0.534. The second kappa shape index (κ2) is 7.17.